The maximum Gasteiger partial charge on any atom is 0.252 e. The summed E-state index contributed by atoms with van der Waals surface area (Å²) in [5.41, 5.74) is 3.17. The van der Waals surface area contributed by atoms with E-state index in [0.717, 1.165) is 10.4 Å². The molecule has 1 atom stereocenters. The molecule has 0 radical (unpaired) electrons. The molecule has 0 bridgehead atoms. The molecular formula is C24H22N4O5S2. The van der Waals surface area contributed by atoms with Crippen molar-refractivity contribution in [2.45, 2.75) is 25.9 Å². The van der Waals surface area contributed by atoms with Crippen LogP contribution in [0.4, 0.5) is 0 Å². The minimum Gasteiger partial charge on any atom is -0.454 e. The predicted molar refractivity (Wildman–Crippen MR) is 132 cm³/mol. The molecule has 6 rings (SSSR count). The summed E-state index contributed by atoms with van der Waals surface area (Å²) in [7, 11) is -3.11. The molecule has 5 heterocycles. The van der Waals surface area contributed by atoms with Crippen LogP contribution in [0.2, 0.25) is 0 Å². The Kier molecular flexibility index (Phi) is 5.26. The van der Waals surface area contributed by atoms with E-state index in [4.69, 9.17) is 14.5 Å². The molecule has 1 fully saturated rings. The van der Waals surface area contributed by atoms with E-state index in [1.807, 2.05) is 42.6 Å². The Balaban J connectivity index is 1.39. The maximum atomic E-state index is 13.4. The van der Waals surface area contributed by atoms with Crippen LogP contribution in [0.5, 0.6) is 11.5 Å². The number of sulfone groups is 1. The number of aromatic nitrogens is 3. The van der Waals surface area contributed by atoms with E-state index < -0.39 is 9.84 Å². The van der Waals surface area contributed by atoms with Gasteiger partial charge in [0.2, 0.25) is 6.79 Å². The quantitative estimate of drug-likeness (QED) is 0.437. The number of aryl methyl sites for hydroxylation is 1. The lowest BCUT2D eigenvalue weighted by Gasteiger charge is -2.12. The number of hydrogen-bond acceptors (Lipinski definition) is 8. The smallest absolute Gasteiger partial charge is 0.252 e. The van der Waals surface area contributed by atoms with Crippen LogP contribution in [0.25, 0.3) is 21.6 Å². The molecule has 1 N–H and O–H groups in total. The fourth-order valence-electron chi connectivity index (χ4n) is 4.59. The first-order valence-corrected chi connectivity index (χ1v) is 13.9. The minimum atomic E-state index is -3.11. The molecule has 9 nitrogen and oxygen atoms in total. The molecule has 1 saturated heterocycles. The van der Waals surface area contributed by atoms with Gasteiger partial charge in [-0.3, -0.25) is 4.79 Å². The molecular weight excluding hydrogens is 488 g/mol. The second-order valence-corrected chi connectivity index (χ2v) is 11.9. The monoisotopic (exact) mass is 510 g/mol. The molecule has 0 aliphatic carbocycles. The number of carbonyl (C=O) groups excluding carboxylic acids is 1. The van der Waals surface area contributed by atoms with Gasteiger partial charge in [0.1, 0.15) is 0 Å². The van der Waals surface area contributed by atoms with Gasteiger partial charge in [-0.05, 0) is 48.6 Å². The molecule has 35 heavy (non-hydrogen) atoms. The van der Waals surface area contributed by atoms with Gasteiger partial charge in [-0.2, -0.15) is 5.10 Å². The number of hydrogen-bond donors (Lipinski definition) is 1. The average molecular weight is 511 g/mol. The lowest BCUT2D eigenvalue weighted by molar-refractivity contribution is 0.0952. The summed E-state index contributed by atoms with van der Waals surface area (Å²) in [5, 5.41) is 10.2. The lowest BCUT2D eigenvalue weighted by Crippen LogP contribution is -2.23. The van der Waals surface area contributed by atoms with Crippen molar-refractivity contribution in [3.63, 3.8) is 0 Å². The molecule has 1 unspecified atom stereocenters. The Morgan fingerprint density at radius 1 is 1.23 bits per heavy atom. The van der Waals surface area contributed by atoms with Crippen LogP contribution in [0.1, 0.15) is 34.1 Å². The molecule has 0 spiro atoms. The Labute approximate surface area is 205 Å². The standard InChI is InChI=1S/C24H22N4O5S2/c1-14-22-17(24(29)25-11-15-4-5-19-20(9-15)33-13-32-19)10-18(21-3-2-7-34-21)26-23(22)28(27-14)16-6-8-35(30,31)12-16/h2-5,7,9-10,16H,6,8,11-13H2,1H3,(H,25,29). The van der Waals surface area contributed by atoms with Crippen LogP contribution in [0.15, 0.2) is 41.8 Å². The first-order valence-electron chi connectivity index (χ1n) is 11.2. The second kappa shape index (κ2) is 8.35. The summed E-state index contributed by atoms with van der Waals surface area (Å²) in [6.45, 7) is 2.32. The van der Waals surface area contributed by atoms with Crippen molar-refractivity contribution in [3.05, 3.63) is 58.6 Å². The highest BCUT2D eigenvalue weighted by Gasteiger charge is 2.32. The molecule has 2 aliphatic heterocycles. The van der Waals surface area contributed by atoms with Gasteiger partial charge < -0.3 is 14.8 Å². The van der Waals surface area contributed by atoms with E-state index in [-0.39, 0.29) is 30.2 Å². The highest BCUT2D eigenvalue weighted by molar-refractivity contribution is 7.91. The number of nitrogens with one attached hydrogen (secondary N) is 1. The predicted octanol–water partition coefficient (Wildman–Crippen LogP) is 3.49. The number of ether oxygens (including phenoxy) is 2. The summed E-state index contributed by atoms with van der Waals surface area (Å²) < 4.78 is 36.8. The number of thiophene rings is 1. The molecule has 2 aliphatic rings. The average Bonchev–Trinajstić information content (AvgIpc) is 3.63. The van der Waals surface area contributed by atoms with E-state index in [2.05, 4.69) is 10.4 Å². The van der Waals surface area contributed by atoms with E-state index in [0.29, 0.717) is 52.4 Å². The molecule has 11 heteroatoms. The van der Waals surface area contributed by atoms with Gasteiger partial charge >= 0.3 is 0 Å². The van der Waals surface area contributed by atoms with Gasteiger partial charge in [0, 0.05) is 6.54 Å². The van der Waals surface area contributed by atoms with Crippen LogP contribution in [0.3, 0.4) is 0 Å². The third kappa shape index (κ3) is 4.04. The zero-order valence-electron chi connectivity index (χ0n) is 18.9. The van der Waals surface area contributed by atoms with Crippen molar-refractivity contribution >= 4 is 38.1 Å². The lowest BCUT2D eigenvalue weighted by atomic mass is 10.1. The number of amides is 1. The number of pyridine rings is 1. The van der Waals surface area contributed by atoms with E-state index in [1.165, 1.54) is 11.3 Å². The fraction of sp³-hybridized carbons (Fsp3) is 0.292. The highest BCUT2D eigenvalue weighted by atomic mass is 32.2. The van der Waals surface area contributed by atoms with Gasteiger partial charge in [-0.1, -0.05) is 12.1 Å². The number of carbonyl (C=O) groups is 1. The molecule has 180 valence electrons. The third-order valence-electron chi connectivity index (χ3n) is 6.30. The summed E-state index contributed by atoms with van der Waals surface area (Å²) in [4.78, 5) is 19.2. The second-order valence-electron chi connectivity index (χ2n) is 8.69. The van der Waals surface area contributed by atoms with Crippen LogP contribution < -0.4 is 14.8 Å². The first-order chi connectivity index (χ1) is 16.9. The van der Waals surface area contributed by atoms with Crippen molar-refractivity contribution in [2.24, 2.45) is 0 Å². The van der Waals surface area contributed by atoms with Crippen molar-refractivity contribution in [1.82, 2.24) is 20.1 Å². The summed E-state index contributed by atoms with van der Waals surface area (Å²) >= 11 is 1.53. The summed E-state index contributed by atoms with van der Waals surface area (Å²) in [5.74, 6) is 1.25. The Hall–Kier alpha value is -3.44. The van der Waals surface area contributed by atoms with Crippen LogP contribution in [0, 0.1) is 6.92 Å². The zero-order chi connectivity index (χ0) is 24.2. The van der Waals surface area contributed by atoms with Gasteiger partial charge in [-0.15, -0.1) is 11.3 Å². The number of nitrogens with zero attached hydrogens (tertiary/aromatic N) is 3. The number of fused-ring (bicyclic) bond motifs is 2. The molecule has 4 aromatic rings. The van der Waals surface area contributed by atoms with E-state index >= 15 is 0 Å². The van der Waals surface area contributed by atoms with Gasteiger partial charge in [0.05, 0.1) is 44.8 Å². The van der Waals surface area contributed by atoms with Crippen molar-refractivity contribution in [1.29, 1.82) is 0 Å². The van der Waals surface area contributed by atoms with Crippen molar-refractivity contribution in [2.75, 3.05) is 18.3 Å². The molecule has 0 saturated carbocycles. The Morgan fingerprint density at radius 2 is 2.09 bits per heavy atom. The summed E-state index contributed by atoms with van der Waals surface area (Å²) in [6.07, 6.45) is 0.481. The molecule has 3 aromatic heterocycles. The van der Waals surface area contributed by atoms with Crippen LogP contribution in [-0.2, 0) is 16.4 Å². The first kappa shape index (κ1) is 22.1. The number of benzene rings is 1. The normalized spacial score (nSPS) is 18.3. The Bertz CT molecular complexity index is 1560. The zero-order valence-corrected chi connectivity index (χ0v) is 20.5. The van der Waals surface area contributed by atoms with Gasteiger partial charge in [0.15, 0.2) is 27.0 Å². The van der Waals surface area contributed by atoms with E-state index in [9.17, 15) is 13.2 Å². The van der Waals surface area contributed by atoms with Crippen LogP contribution >= 0.6 is 11.3 Å². The van der Waals surface area contributed by atoms with E-state index in [1.54, 1.807) is 10.7 Å². The Morgan fingerprint density at radius 3 is 2.86 bits per heavy atom. The largest absolute Gasteiger partial charge is 0.454 e. The SMILES string of the molecule is Cc1nn(C2CCS(=O)(=O)C2)c2nc(-c3cccs3)cc(C(=O)NCc3ccc4c(c3)OCO4)c12. The van der Waals surface area contributed by atoms with Gasteiger partial charge in [-0.25, -0.2) is 18.1 Å². The fourth-order valence-corrected chi connectivity index (χ4v) is 6.97. The minimum absolute atomic E-state index is 0.0276. The van der Waals surface area contributed by atoms with Crippen molar-refractivity contribution in [3.8, 4) is 22.1 Å². The summed E-state index contributed by atoms with van der Waals surface area (Å²) in [6, 6.07) is 10.9. The van der Waals surface area contributed by atoms with Crippen LogP contribution in [-0.4, -0.2) is 47.4 Å². The number of rotatable bonds is 5. The molecule has 1 amide bonds. The third-order valence-corrected chi connectivity index (χ3v) is 8.94. The molecule has 1 aromatic carbocycles. The van der Waals surface area contributed by atoms with Gasteiger partial charge in [0.25, 0.3) is 5.91 Å². The highest BCUT2D eigenvalue weighted by Crippen LogP contribution is 2.34. The topological polar surface area (TPSA) is 112 Å². The maximum absolute atomic E-state index is 13.4. The van der Waals surface area contributed by atoms with Crippen molar-refractivity contribution < 1.29 is 22.7 Å².